The summed E-state index contributed by atoms with van der Waals surface area (Å²) in [4.78, 5) is 12.0. The molecule has 114 valence electrons. The summed E-state index contributed by atoms with van der Waals surface area (Å²) >= 11 is 1.48. The molecule has 0 aliphatic carbocycles. The van der Waals surface area contributed by atoms with Crippen LogP contribution in [0, 0.1) is 0 Å². The van der Waals surface area contributed by atoms with Gasteiger partial charge < -0.3 is 9.84 Å². The lowest BCUT2D eigenvalue weighted by molar-refractivity contribution is 0.0506. The van der Waals surface area contributed by atoms with Crippen LogP contribution >= 0.6 is 11.8 Å². The van der Waals surface area contributed by atoms with E-state index in [2.05, 4.69) is 0 Å². The minimum Gasteiger partial charge on any atom is -0.461 e. The highest BCUT2D eigenvalue weighted by Crippen LogP contribution is 2.32. The first-order valence-electron chi connectivity index (χ1n) is 7.38. The second-order valence-corrected chi connectivity index (χ2v) is 6.81. The number of aliphatic hydroxyl groups is 1. The third kappa shape index (κ3) is 3.70. The van der Waals surface area contributed by atoms with Crippen molar-refractivity contribution in [1.82, 2.24) is 0 Å². The first-order chi connectivity index (χ1) is 10.7. The average molecular weight is 314 g/mol. The first kappa shape index (κ1) is 15.1. The van der Waals surface area contributed by atoms with Crippen LogP contribution in [-0.2, 0) is 4.74 Å². The van der Waals surface area contributed by atoms with Gasteiger partial charge in [-0.25, -0.2) is 4.79 Å². The van der Waals surface area contributed by atoms with Gasteiger partial charge in [0.15, 0.2) is 0 Å². The molecule has 3 nitrogen and oxygen atoms in total. The molecule has 0 amide bonds. The quantitative estimate of drug-likeness (QED) is 0.874. The summed E-state index contributed by atoms with van der Waals surface area (Å²) in [6, 6.07) is 17.5. The van der Waals surface area contributed by atoms with E-state index in [0.717, 1.165) is 24.0 Å². The summed E-state index contributed by atoms with van der Waals surface area (Å²) in [5.41, 5.74) is 2.45. The number of carbonyl (C=O) groups is 1. The van der Waals surface area contributed by atoms with Crippen LogP contribution in [0.3, 0.4) is 0 Å². The topological polar surface area (TPSA) is 46.5 Å². The van der Waals surface area contributed by atoms with Crippen molar-refractivity contribution in [2.45, 2.75) is 23.5 Å². The number of esters is 1. The number of carbonyl (C=O) groups excluding carboxylic acids is 1. The highest BCUT2D eigenvalue weighted by Gasteiger charge is 2.24. The van der Waals surface area contributed by atoms with Crippen LogP contribution in [0.25, 0.3) is 11.1 Å². The van der Waals surface area contributed by atoms with E-state index >= 15 is 0 Å². The Hall–Kier alpha value is -1.78. The predicted octanol–water partition coefficient (Wildman–Crippen LogP) is 3.72. The van der Waals surface area contributed by atoms with Gasteiger partial charge in [0.25, 0.3) is 0 Å². The Kier molecular flexibility index (Phi) is 4.80. The Balaban J connectivity index is 1.59. The van der Waals surface area contributed by atoms with Crippen molar-refractivity contribution in [3.05, 3.63) is 60.2 Å². The number of aliphatic hydroxyl groups excluding tert-OH is 1. The zero-order valence-electron chi connectivity index (χ0n) is 12.1. The van der Waals surface area contributed by atoms with Gasteiger partial charge in [-0.2, -0.15) is 0 Å². The maximum absolute atomic E-state index is 12.0. The van der Waals surface area contributed by atoms with E-state index in [1.807, 2.05) is 42.5 Å². The fraction of sp³-hybridized carbons (Fsp3) is 0.278. The predicted molar refractivity (Wildman–Crippen MR) is 88.8 cm³/mol. The third-order valence-corrected chi connectivity index (χ3v) is 5.02. The van der Waals surface area contributed by atoms with Crippen molar-refractivity contribution in [3.8, 4) is 11.1 Å². The van der Waals surface area contributed by atoms with Crippen LogP contribution in [0.5, 0.6) is 0 Å². The highest BCUT2D eigenvalue weighted by molar-refractivity contribution is 8.00. The van der Waals surface area contributed by atoms with Crippen LogP contribution in [0.15, 0.2) is 54.6 Å². The van der Waals surface area contributed by atoms with Crippen LogP contribution in [-0.4, -0.2) is 28.4 Å². The average Bonchev–Trinajstić information content (AvgIpc) is 2.99. The van der Waals surface area contributed by atoms with Crippen molar-refractivity contribution < 1.29 is 14.6 Å². The summed E-state index contributed by atoms with van der Waals surface area (Å²) in [6.07, 6.45) is 1.67. The molecule has 2 atom stereocenters. The lowest BCUT2D eigenvalue weighted by Gasteiger charge is -2.10. The Bertz CT molecular complexity index is 625. The highest BCUT2D eigenvalue weighted by atomic mass is 32.2. The number of ether oxygens (including phenoxy) is 1. The molecule has 1 N–H and O–H groups in total. The lowest BCUT2D eigenvalue weighted by Crippen LogP contribution is -2.14. The molecule has 0 radical (unpaired) electrons. The molecule has 2 aromatic rings. The van der Waals surface area contributed by atoms with Gasteiger partial charge in [-0.3, -0.25) is 0 Å². The molecule has 0 aromatic heterocycles. The third-order valence-electron chi connectivity index (χ3n) is 3.71. The van der Waals surface area contributed by atoms with Gasteiger partial charge in [-0.05, 0) is 36.1 Å². The number of thioether (sulfide) groups is 1. The molecule has 1 heterocycles. The maximum Gasteiger partial charge on any atom is 0.338 e. The molecule has 2 aromatic carbocycles. The molecule has 1 aliphatic heterocycles. The Labute approximate surface area is 134 Å². The van der Waals surface area contributed by atoms with Gasteiger partial charge in [-0.15, -0.1) is 11.8 Å². The Morgan fingerprint density at radius 2 is 1.73 bits per heavy atom. The standard InChI is InChI=1S/C18H18O3S/c19-17-11-10-16(22-17)12-21-18(20)15-8-6-14(7-9-15)13-4-2-1-3-5-13/h1-9,16-17,19H,10-12H2/t16-,17-/m1/s1. The van der Waals surface area contributed by atoms with Gasteiger partial charge in [0, 0.05) is 5.25 Å². The second-order valence-electron chi connectivity index (χ2n) is 5.33. The SMILES string of the molecule is O=C(OC[C@H]1CC[C@H](O)S1)c1ccc(-c2ccccc2)cc1. The minimum absolute atomic E-state index is 0.211. The molecule has 4 heteroatoms. The van der Waals surface area contributed by atoms with E-state index in [1.54, 1.807) is 12.1 Å². The first-order valence-corrected chi connectivity index (χ1v) is 8.33. The van der Waals surface area contributed by atoms with Gasteiger partial charge >= 0.3 is 5.97 Å². The normalized spacial score (nSPS) is 20.8. The zero-order valence-corrected chi connectivity index (χ0v) is 13.0. The zero-order chi connectivity index (χ0) is 15.4. The van der Waals surface area contributed by atoms with Crippen molar-refractivity contribution in [1.29, 1.82) is 0 Å². The summed E-state index contributed by atoms with van der Waals surface area (Å²) in [6.45, 7) is 0.362. The number of hydrogen-bond acceptors (Lipinski definition) is 4. The minimum atomic E-state index is -0.311. The van der Waals surface area contributed by atoms with Crippen molar-refractivity contribution in [2.75, 3.05) is 6.61 Å². The van der Waals surface area contributed by atoms with Crippen molar-refractivity contribution >= 4 is 17.7 Å². The smallest absolute Gasteiger partial charge is 0.338 e. The summed E-state index contributed by atoms with van der Waals surface area (Å²) < 4.78 is 5.34. The molecule has 0 spiro atoms. The largest absolute Gasteiger partial charge is 0.461 e. The van der Waals surface area contributed by atoms with Crippen LogP contribution in [0.4, 0.5) is 0 Å². The molecular weight excluding hydrogens is 296 g/mol. The van der Waals surface area contributed by atoms with Gasteiger partial charge in [0.1, 0.15) is 6.61 Å². The molecule has 1 fully saturated rings. The van der Waals surface area contributed by atoms with Crippen LogP contribution in [0.2, 0.25) is 0 Å². The van der Waals surface area contributed by atoms with Crippen LogP contribution < -0.4 is 0 Å². The fourth-order valence-corrected chi connectivity index (χ4v) is 3.63. The van der Waals surface area contributed by atoms with Gasteiger partial charge in [0.05, 0.1) is 11.0 Å². The monoisotopic (exact) mass is 314 g/mol. The Morgan fingerprint density at radius 3 is 2.36 bits per heavy atom. The van der Waals surface area contributed by atoms with Crippen LogP contribution in [0.1, 0.15) is 23.2 Å². The fourth-order valence-electron chi connectivity index (χ4n) is 2.49. The van der Waals surface area contributed by atoms with E-state index in [1.165, 1.54) is 11.8 Å². The second kappa shape index (κ2) is 6.99. The number of hydrogen-bond donors (Lipinski definition) is 1. The van der Waals surface area contributed by atoms with Gasteiger partial charge in [0.2, 0.25) is 0 Å². The molecule has 0 saturated carbocycles. The molecule has 0 bridgehead atoms. The van der Waals surface area contributed by atoms with Crippen molar-refractivity contribution in [3.63, 3.8) is 0 Å². The molecule has 3 rings (SSSR count). The Morgan fingerprint density at radius 1 is 1.05 bits per heavy atom. The van der Waals surface area contributed by atoms with Crippen molar-refractivity contribution in [2.24, 2.45) is 0 Å². The van der Waals surface area contributed by atoms with E-state index < -0.39 is 0 Å². The lowest BCUT2D eigenvalue weighted by atomic mass is 10.0. The molecule has 1 aliphatic rings. The van der Waals surface area contributed by atoms with E-state index in [-0.39, 0.29) is 16.7 Å². The summed E-state index contributed by atoms with van der Waals surface area (Å²) in [7, 11) is 0. The molecule has 1 saturated heterocycles. The number of benzene rings is 2. The van der Waals surface area contributed by atoms with E-state index in [9.17, 15) is 9.90 Å². The van der Waals surface area contributed by atoms with E-state index in [4.69, 9.17) is 4.74 Å². The summed E-state index contributed by atoms with van der Waals surface area (Å²) in [5.74, 6) is -0.304. The molecule has 22 heavy (non-hydrogen) atoms. The molecular formula is C18H18O3S. The summed E-state index contributed by atoms with van der Waals surface area (Å²) in [5, 5.41) is 9.65. The number of rotatable bonds is 4. The van der Waals surface area contributed by atoms with E-state index in [0.29, 0.717) is 12.2 Å². The maximum atomic E-state index is 12.0. The molecule has 0 unspecified atom stereocenters. The van der Waals surface area contributed by atoms with Gasteiger partial charge in [-0.1, -0.05) is 42.5 Å².